The number of aliphatic carboxylic acids is 1. The quantitative estimate of drug-likeness (QED) is 0.512. The number of amides is 1. The molecule has 3 heterocycles. The highest BCUT2D eigenvalue weighted by atomic mass is 32.2. The number of fused-ring (bicyclic) bond motifs is 1. The molecule has 0 aliphatic carbocycles. The molecule has 2 unspecified atom stereocenters. The molecule has 1 amide bonds. The van der Waals surface area contributed by atoms with Crippen molar-refractivity contribution in [3.63, 3.8) is 0 Å². The van der Waals surface area contributed by atoms with Crippen molar-refractivity contribution in [2.45, 2.75) is 18.0 Å². The molecular weight excluding hydrogens is 278 g/mol. The fraction of sp³-hybridized carbons (Fsp3) is 0.462. The van der Waals surface area contributed by atoms with Gasteiger partial charge < -0.3 is 20.5 Å². The summed E-state index contributed by atoms with van der Waals surface area (Å²) >= 11 is 1.43. The molecule has 2 saturated heterocycles. The molecule has 0 aromatic carbocycles. The summed E-state index contributed by atoms with van der Waals surface area (Å²) in [5, 5.41) is 11.6. The highest BCUT2D eigenvalue weighted by Gasteiger charge is 2.54. The summed E-state index contributed by atoms with van der Waals surface area (Å²) in [7, 11) is 0. The number of pyridine rings is 1. The molecule has 7 heteroatoms. The van der Waals surface area contributed by atoms with Gasteiger partial charge in [-0.25, -0.2) is 4.57 Å². The first kappa shape index (κ1) is 13.4. The molecule has 20 heavy (non-hydrogen) atoms. The second-order valence-electron chi connectivity index (χ2n) is 5.31. The summed E-state index contributed by atoms with van der Waals surface area (Å²) in [5.74, 6) is -0.890. The number of rotatable bonds is 3. The molecule has 2 fully saturated rings. The Kier molecular flexibility index (Phi) is 3.18. The van der Waals surface area contributed by atoms with Crippen LogP contribution >= 0.6 is 11.8 Å². The first-order chi connectivity index (χ1) is 9.53. The van der Waals surface area contributed by atoms with E-state index in [0.717, 1.165) is 0 Å². The first-order valence-corrected chi connectivity index (χ1v) is 7.42. The molecule has 3 rings (SSSR count). The number of hydrogen-bond acceptors (Lipinski definition) is 5. The van der Waals surface area contributed by atoms with Crippen molar-refractivity contribution >= 4 is 23.6 Å². The molecular formula is C13H15N3O3S. The minimum atomic E-state index is -1.12. The van der Waals surface area contributed by atoms with Crippen molar-refractivity contribution in [2.24, 2.45) is 11.1 Å². The fourth-order valence-electron chi connectivity index (χ4n) is 2.70. The lowest BCUT2D eigenvalue weighted by atomic mass is 9.87. The monoisotopic (exact) mass is 293 g/mol. The molecule has 0 saturated carbocycles. The van der Waals surface area contributed by atoms with Crippen molar-refractivity contribution < 1.29 is 19.3 Å². The van der Waals surface area contributed by atoms with Gasteiger partial charge in [-0.1, -0.05) is 6.07 Å². The molecule has 3 atom stereocenters. The predicted molar refractivity (Wildman–Crippen MR) is 70.0 cm³/mol. The van der Waals surface area contributed by atoms with Gasteiger partial charge in [0, 0.05) is 24.4 Å². The number of nitrogens with two attached hydrogens (primary N) is 1. The smallest absolute Gasteiger partial charge is 0.243 e. The van der Waals surface area contributed by atoms with Crippen LogP contribution in [0.5, 0.6) is 0 Å². The van der Waals surface area contributed by atoms with Crippen molar-refractivity contribution in [1.29, 1.82) is 0 Å². The number of carbonyl (C=O) groups is 2. The largest absolute Gasteiger partial charge is 0.549 e. The third kappa shape index (κ3) is 1.97. The number of carbonyl (C=O) groups excluding carboxylic acids is 2. The van der Waals surface area contributed by atoms with Crippen LogP contribution < -0.4 is 15.4 Å². The van der Waals surface area contributed by atoms with E-state index in [1.165, 1.54) is 11.8 Å². The predicted octanol–water partition coefficient (Wildman–Crippen LogP) is -2.05. The third-order valence-electron chi connectivity index (χ3n) is 3.88. The highest BCUT2D eigenvalue weighted by Crippen LogP contribution is 2.41. The molecule has 6 nitrogen and oxygen atoms in total. The van der Waals surface area contributed by atoms with Crippen LogP contribution in [0, 0.1) is 5.41 Å². The van der Waals surface area contributed by atoms with Gasteiger partial charge in [-0.05, 0) is 0 Å². The van der Waals surface area contributed by atoms with Crippen molar-refractivity contribution in [2.75, 3.05) is 12.3 Å². The van der Waals surface area contributed by atoms with Crippen LogP contribution in [0.1, 0.15) is 0 Å². The number of β-lactam (4-membered cyclic amide) rings is 1. The van der Waals surface area contributed by atoms with Gasteiger partial charge in [0.05, 0.1) is 11.4 Å². The van der Waals surface area contributed by atoms with Crippen LogP contribution in [0.3, 0.4) is 0 Å². The zero-order chi connectivity index (χ0) is 14.3. The summed E-state index contributed by atoms with van der Waals surface area (Å²) in [6, 6.07) is 5.05. The Morgan fingerprint density at radius 1 is 1.50 bits per heavy atom. The van der Waals surface area contributed by atoms with E-state index in [1.807, 2.05) is 30.6 Å². The van der Waals surface area contributed by atoms with Crippen LogP contribution in [0.2, 0.25) is 0 Å². The van der Waals surface area contributed by atoms with Gasteiger partial charge in [-0.2, -0.15) is 0 Å². The summed E-state index contributed by atoms with van der Waals surface area (Å²) in [5.41, 5.74) is 4.65. The Bertz CT molecular complexity index is 553. The minimum Gasteiger partial charge on any atom is -0.549 e. The molecule has 2 N–H and O–H groups in total. The maximum atomic E-state index is 11.7. The molecule has 1 aromatic rings. The molecule has 0 bridgehead atoms. The molecule has 0 spiro atoms. The van der Waals surface area contributed by atoms with Gasteiger partial charge in [-0.15, -0.1) is 11.8 Å². The lowest BCUT2D eigenvalue weighted by Crippen LogP contribution is -2.74. The minimum absolute atomic E-state index is 0.0873. The third-order valence-corrected chi connectivity index (χ3v) is 5.49. The average Bonchev–Trinajstić information content (AvgIpc) is 2.47. The van der Waals surface area contributed by atoms with Crippen LogP contribution in [-0.4, -0.2) is 40.5 Å². The Morgan fingerprint density at radius 3 is 2.85 bits per heavy atom. The van der Waals surface area contributed by atoms with E-state index in [0.29, 0.717) is 5.75 Å². The van der Waals surface area contributed by atoms with Crippen LogP contribution in [0.25, 0.3) is 0 Å². The van der Waals surface area contributed by atoms with E-state index in [-0.39, 0.29) is 24.4 Å². The number of carboxylic acids is 1. The van der Waals surface area contributed by atoms with Gasteiger partial charge in [0.1, 0.15) is 11.4 Å². The van der Waals surface area contributed by atoms with E-state index in [4.69, 9.17) is 5.73 Å². The molecule has 0 radical (unpaired) electrons. The lowest BCUT2D eigenvalue weighted by Gasteiger charge is -2.53. The molecule has 2 aliphatic heterocycles. The Morgan fingerprint density at radius 2 is 2.20 bits per heavy atom. The van der Waals surface area contributed by atoms with Gasteiger partial charge >= 0.3 is 0 Å². The van der Waals surface area contributed by atoms with Crippen molar-refractivity contribution in [3.8, 4) is 0 Å². The maximum Gasteiger partial charge on any atom is 0.243 e. The van der Waals surface area contributed by atoms with Crippen LogP contribution in [-0.2, 0) is 16.1 Å². The van der Waals surface area contributed by atoms with E-state index < -0.39 is 17.4 Å². The Labute approximate surface area is 120 Å². The molecule has 2 aliphatic rings. The lowest BCUT2D eigenvalue weighted by molar-refractivity contribution is -0.707. The Balaban J connectivity index is 1.83. The normalized spacial score (nSPS) is 32.5. The highest BCUT2D eigenvalue weighted by molar-refractivity contribution is 8.00. The summed E-state index contributed by atoms with van der Waals surface area (Å²) in [6.45, 7) is 0.455. The van der Waals surface area contributed by atoms with E-state index in [1.54, 1.807) is 9.47 Å². The summed E-state index contributed by atoms with van der Waals surface area (Å²) in [4.78, 5) is 24.9. The fourth-order valence-corrected chi connectivity index (χ4v) is 4.17. The topological polar surface area (TPSA) is 90.3 Å². The number of hydrogen-bond donors (Lipinski definition) is 1. The number of thioether (sulfide) groups is 1. The molecule has 106 valence electrons. The number of nitrogens with zero attached hydrogens (tertiary/aromatic N) is 2. The SMILES string of the molecule is NC1C(=O)N2CC(C[n+]3ccccc3)(C(=O)[O-])CS[C@H]12. The van der Waals surface area contributed by atoms with E-state index in [2.05, 4.69) is 0 Å². The maximum absolute atomic E-state index is 11.7. The van der Waals surface area contributed by atoms with Crippen molar-refractivity contribution in [3.05, 3.63) is 30.6 Å². The average molecular weight is 293 g/mol. The van der Waals surface area contributed by atoms with Crippen LogP contribution in [0.15, 0.2) is 30.6 Å². The number of aromatic nitrogens is 1. The standard InChI is InChI=1S/C13H15N3O3S/c14-9-10(17)16-7-13(12(18)19,8-20-11(9)16)6-15-4-2-1-3-5-15/h1-5,9,11H,6-8,14H2/t9?,11-,13?/m1/s1. The van der Waals surface area contributed by atoms with Gasteiger partial charge in [0.15, 0.2) is 18.9 Å². The molecule has 1 aromatic heterocycles. The first-order valence-electron chi connectivity index (χ1n) is 6.37. The second-order valence-corrected chi connectivity index (χ2v) is 6.41. The zero-order valence-electron chi connectivity index (χ0n) is 10.8. The zero-order valence-corrected chi connectivity index (χ0v) is 11.6. The Hall–Kier alpha value is -1.60. The number of carboxylic acid groups (broad SMARTS) is 1. The van der Waals surface area contributed by atoms with Gasteiger partial charge in [-0.3, -0.25) is 4.79 Å². The van der Waals surface area contributed by atoms with Crippen molar-refractivity contribution in [1.82, 2.24) is 4.90 Å². The second kappa shape index (κ2) is 4.75. The summed E-state index contributed by atoms with van der Waals surface area (Å²) < 4.78 is 1.81. The van der Waals surface area contributed by atoms with Crippen LogP contribution in [0.4, 0.5) is 0 Å². The van der Waals surface area contributed by atoms with E-state index >= 15 is 0 Å². The van der Waals surface area contributed by atoms with Gasteiger partial charge in [0.2, 0.25) is 5.91 Å². The van der Waals surface area contributed by atoms with Gasteiger partial charge in [0.25, 0.3) is 0 Å². The summed E-state index contributed by atoms with van der Waals surface area (Å²) in [6.07, 6.45) is 3.62. The van der Waals surface area contributed by atoms with E-state index in [9.17, 15) is 14.7 Å².